The van der Waals surface area contributed by atoms with Crippen molar-refractivity contribution < 1.29 is 9.23 Å². The van der Waals surface area contributed by atoms with Gasteiger partial charge in [-0.2, -0.15) is 0 Å². The van der Waals surface area contributed by atoms with Crippen molar-refractivity contribution in [1.29, 1.82) is 0 Å². The maximum absolute atomic E-state index is 13.4. The average Bonchev–Trinajstić information content (AvgIpc) is 2.81. The van der Waals surface area contributed by atoms with E-state index in [1.807, 2.05) is 47.5 Å². The van der Waals surface area contributed by atoms with Crippen LogP contribution in [0.5, 0.6) is 0 Å². The highest BCUT2D eigenvalue weighted by Crippen LogP contribution is 2.22. The van der Waals surface area contributed by atoms with Crippen molar-refractivity contribution in [3.8, 4) is 0 Å². The van der Waals surface area contributed by atoms with Crippen molar-refractivity contribution in [3.05, 3.63) is 95.8 Å². The molecule has 0 aromatic heterocycles. The van der Waals surface area contributed by atoms with E-state index in [0.29, 0.717) is 18.7 Å². The summed E-state index contributed by atoms with van der Waals surface area (Å²) in [5, 5.41) is 1.90. The number of benzene rings is 3. The van der Waals surface area contributed by atoms with Crippen LogP contribution in [0.3, 0.4) is 0 Å². The number of nitrogens with zero attached hydrogens (tertiary/aromatic N) is 3. The lowest BCUT2D eigenvalue weighted by Crippen LogP contribution is -2.37. The third kappa shape index (κ3) is 5.64. The molecular formula is C26H26FN3O. The molecule has 1 fully saturated rings. The lowest BCUT2D eigenvalue weighted by atomic mass is 10.0. The summed E-state index contributed by atoms with van der Waals surface area (Å²) in [6, 6.07) is 24.3. The lowest BCUT2D eigenvalue weighted by Gasteiger charge is -2.29. The molecule has 1 aliphatic rings. The minimum absolute atomic E-state index is 0.274. The van der Waals surface area contributed by atoms with E-state index in [1.54, 1.807) is 12.1 Å². The highest BCUT2D eigenvalue weighted by molar-refractivity contribution is 6.13. The zero-order chi connectivity index (χ0) is 21.5. The molecule has 1 aliphatic heterocycles. The minimum Gasteiger partial charge on any atom is -0.272 e. The summed E-state index contributed by atoms with van der Waals surface area (Å²) >= 11 is 0. The van der Waals surface area contributed by atoms with Crippen molar-refractivity contribution in [2.75, 3.05) is 13.2 Å². The van der Waals surface area contributed by atoms with Gasteiger partial charge in [0.1, 0.15) is 11.7 Å². The number of hydrogen-bond acceptors (Lipinski definition) is 3. The van der Waals surface area contributed by atoms with Crippen LogP contribution < -0.4 is 0 Å². The van der Waals surface area contributed by atoms with Gasteiger partial charge < -0.3 is 0 Å². The van der Waals surface area contributed by atoms with Crippen molar-refractivity contribution >= 4 is 22.9 Å². The molecular weight excluding hydrogens is 389 g/mol. The van der Waals surface area contributed by atoms with Gasteiger partial charge in [-0.3, -0.25) is 9.83 Å². The predicted molar refractivity (Wildman–Crippen MR) is 124 cm³/mol. The maximum Gasteiger partial charge on any atom is 0.135 e. The SMILES string of the molecule is Cc1ccccc1C(CC(=Nc1ccccc1)N1CCCCO1)=Nc1ccc(F)cc1. The van der Waals surface area contributed by atoms with Crippen molar-refractivity contribution in [1.82, 2.24) is 5.06 Å². The Bertz CT molecular complexity index is 1060. The first kappa shape index (κ1) is 20.9. The normalized spacial score (nSPS) is 15.2. The zero-order valence-corrected chi connectivity index (χ0v) is 17.7. The molecule has 0 bridgehead atoms. The summed E-state index contributed by atoms with van der Waals surface area (Å²) in [5.41, 5.74) is 4.62. The summed E-state index contributed by atoms with van der Waals surface area (Å²) in [6.07, 6.45) is 2.60. The van der Waals surface area contributed by atoms with Gasteiger partial charge >= 0.3 is 0 Å². The molecule has 3 aromatic carbocycles. The van der Waals surface area contributed by atoms with Crippen LogP contribution in [-0.4, -0.2) is 29.8 Å². The van der Waals surface area contributed by atoms with E-state index in [4.69, 9.17) is 14.8 Å². The predicted octanol–water partition coefficient (Wildman–Crippen LogP) is 6.40. The molecule has 0 aliphatic carbocycles. The van der Waals surface area contributed by atoms with Gasteiger partial charge in [-0.25, -0.2) is 14.4 Å². The van der Waals surface area contributed by atoms with Crippen LogP contribution in [0.25, 0.3) is 0 Å². The fourth-order valence-electron chi connectivity index (χ4n) is 3.55. The number of aliphatic imine (C=N–C) groups is 2. The lowest BCUT2D eigenvalue weighted by molar-refractivity contribution is -0.124. The van der Waals surface area contributed by atoms with E-state index < -0.39 is 0 Å². The monoisotopic (exact) mass is 415 g/mol. The summed E-state index contributed by atoms with van der Waals surface area (Å²) in [4.78, 5) is 15.7. The van der Waals surface area contributed by atoms with Crippen molar-refractivity contribution in [3.63, 3.8) is 0 Å². The zero-order valence-electron chi connectivity index (χ0n) is 17.7. The molecule has 3 aromatic rings. The van der Waals surface area contributed by atoms with Gasteiger partial charge in [-0.1, -0.05) is 42.5 Å². The summed E-state index contributed by atoms with van der Waals surface area (Å²) in [6.45, 7) is 3.55. The van der Waals surface area contributed by atoms with Gasteiger partial charge in [0.05, 0.1) is 30.1 Å². The smallest absolute Gasteiger partial charge is 0.135 e. The minimum atomic E-state index is -0.274. The Labute approximate surface area is 182 Å². The Kier molecular flexibility index (Phi) is 6.85. The Morgan fingerprint density at radius 2 is 1.58 bits per heavy atom. The van der Waals surface area contributed by atoms with Gasteiger partial charge in [0, 0.05) is 6.54 Å². The second kappa shape index (κ2) is 10.1. The summed E-state index contributed by atoms with van der Waals surface area (Å²) in [5.74, 6) is 0.541. The van der Waals surface area contributed by atoms with E-state index in [9.17, 15) is 4.39 Å². The molecule has 158 valence electrons. The van der Waals surface area contributed by atoms with Crippen molar-refractivity contribution in [2.24, 2.45) is 9.98 Å². The van der Waals surface area contributed by atoms with E-state index >= 15 is 0 Å². The number of halogens is 1. The number of amidine groups is 1. The fraction of sp³-hybridized carbons (Fsp3) is 0.231. The van der Waals surface area contributed by atoms with Crippen LogP contribution in [0.2, 0.25) is 0 Å². The highest BCUT2D eigenvalue weighted by Gasteiger charge is 2.20. The summed E-state index contributed by atoms with van der Waals surface area (Å²) in [7, 11) is 0. The van der Waals surface area contributed by atoms with Gasteiger partial charge in [-0.15, -0.1) is 0 Å². The third-order valence-corrected chi connectivity index (χ3v) is 5.18. The Balaban J connectivity index is 1.75. The molecule has 0 atom stereocenters. The standard InChI is InChI=1S/C26H26FN3O/c1-20-9-5-6-12-24(20)25(28-23-15-13-21(27)14-16-23)19-26(30-17-7-8-18-31-30)29-22-10-3-2-4-11-22/h2-6,9-16H,7-8,17-19H2,1H3. The van der Waals surface area contributed by atoms with E-state index in [0.717, 1.165) is 47.7 Å². The Hall–Kier alpha value is -3.31. The number of para-hydroxylation sites is 1. The van der Waals surface area contributed by atoms with E-state index in [2.05, 4.69) is 19.1 Å². The molecule has 4 nitrogen and oxygen atoms in total. The van der Waals surface area contributed by atoms with Crippen LogP contribution in [0, 0.1) is 12.7 Å². The van der Waals surface area contributed by atoms with Crippen LogP contribution in [0.4, 0.5) is 15.8 Å². The molecule has 0 amide bonds. The first-order valence-corrected chi connectivity index (χ1v) is 10.6. The first-order valence-electron chi connectivity index (χ1n) is 10.6. The Morgan fingerprint density at radius 1 is 0.871 bits per heavy atom. The molecule has 31 heavy (non-hydrogen) atoms. The molecule has 1 saturated heterocycles. The molecule has 0 spiro atoms. The first-order chi connectivity index (χ1) is 15.2. The third-order valence-electron chi connectivity index (χ3n) is 5.18. The fourth-order valence-corrected chi connectivity index (χ4v) is 3.55. The second-order valence-corrected chi connectivity index (χ2v) is 7.53. The molecule has 5 heteroatoms. The number of hydroxylamine groups is 2. The average molecular weight is 416 g/mol. The molecule has 0 saturated carbocycles. The number of hydrogen-bond donors (Lipinski definition) is 0. The Morgan fingerprint density at radius 3 is 2.29 bits per heavy atom. The quantitative estimate of drug-likeness (QED) is 0.357. The highest BCUT2D eigenvalue weighted by atomic mass is 19.1. The number of aryl methyl sites for hydroxylation is 1. The van der Waals surface area contributed by atoms with E-state index in [1.165, 1.54) is 12.1 Å². The molecule has 0 radical (unpaired) electrons. The van der Waals surface area contributed by atoms with Gasteiger partial charge in [-0.05, 0) is 67.3 Å². The van der Waals surface area contributed by atoms with Crippen LogP contribution in [-0.2, 0) is 4.84 Å². The van der Waals surface area contributed by atoms with Crippen LogP contribution in [0.15, 0.2) is 88.8 Å². The van der Waals surface area contributed by atoms with E-state index in [-0.39, 0.29) is 5.82 Å². The van der Waals surface area contributed by atoms with Gasteiger partial charge in [0.2, 0.25) is 0 Å². The molecule has 1 heterocycles. The van der Waals surface area contributed by atoms with Gasteiger partial charge in [0.25, 0.3) is 0 Å². The number of rotatable bonds is 5. The largest absolute Gasteiger partial charge is 0.272 e. The molecule has 4 rings (SSSR count). The van der Waals surface area contributed by atoms with Crippen LogP contribution in [0.1, 0.15) is 30.4 Å². The maximum atomic E-state index is 13.4. The van der Waals surface area contributed by atoms with Crippen LogP contribution >= 0.6 is 0 Å². The molecule has 0 unspecified atom stereocenters. The molecule has 0 N–H and O–H groups in total. The second-order valence-electron chi connectivity index (χ2n) is 7.53. The summed E-state index contributed by atoms with van der Waals surface area (Å²) < 4.78 is 13.4. The van der Waals surface area contributed by atoms with Gasteiger partial charge in [0.15, 0.2) is 0 Å². The topological polar surface area (TPSA) is 37.2 Å². The van der Waals surface area contributed by atoms with Crippen molar-refractivity contribution in [2.45, 2.75) is 26.2 Å².